The summed E-state index contributed by atoms with van der Waals surface area (Å²) in [5.41, 5.74) is 12.0. The largest absolute Gasteiger partial charge is 0.480 e. The number of thiol groups is 1. The first-order valence-electron chi connectivity index (χ1n) is 11.0. The third-order valence-corrected chi connectivity index (χ3v) is 5.48. The zero-order chi connectivity index (χ0) is 25.7. The molecular weight excluding hydrogens is 462 g/mol. The summed E-state index contributed by atoms with van der Waals surface area (Å²) in [5, 5.41) is 26.3. The van der Waals surface area contributed by atoms with Gasteiger partial charge in [-0.2, -0.15) is 12.6 Å². The Kier molecular flexibility index (Phi) is 13.2. The maximum Gasteiger partial charge on any atom is 0.327 e. The van der Waals surface area contributed by atoms with Gasteiger partial charge < -0.3 is 37.6 Å². The minimum atomic E-state index is -1.25. The molecule has 0 aliphatic rings. The van der Waals surface area contributed by atoms with E-state index in [1.54, 1.807) is 30.3 Å². The highest BCUT2D eigenvalue weighted by molar-refractivity contribution is 7.80. The Balaban J connectivity index is 3.07. The molecule has 5 atom stereocenters. The van der Waals surface area contributed by atoms with Gasteiger partial charge in [0.15, 0.2) is 0 Å². The van der Waals surface area contributed by atoms with Crippen molar-refractivity contribution in [3.05, 3.63) is 35.9 Å². The van der Waals surface area contributed by atoms with Crippen LogP contribution in [0.1, 0.15) is 31.7 Å². The third-order valence-electron chi connectivity index (χ3n) is 5.12. The fraction of sp³-hybridized carbons (Fsp3) is 0.545. The molecule has 1 rings (SSSR count). The Hall–Kier alpha value is -2.67. The third kappa shape index (κ3) is 10.1. The Morgan fingerprint density at radius 2 is 1.50 bits per heavy atom. The maximum atomic E-state index is 13.1. The summed E-state index contributed by atoms with van der Waals surface area (Å²) in [4.78, 5) is 49.6. The van der Waals surface area contributed by atoms with Crippen molar-refractivity contribution >= 4 is 36.3 Å². The molecule has 11 nitrogen and oxygen atoms in total. The average molecular weight is 498 g/mol. The molecule has 190 valence electrons. The standard InChI is InChI=1S/C22H35N5O6S/c1-13(28)18(24)21(31)26-16(11-14-7-3-2-4-8-14)20(30)25-15(9-5-6-10-23)19(29)27-17(12-34)22(32)33/h2-4,7-8,13,15-18,28,34H,5-6,9-12,23-24H2,1H3,(H,25,30)(H,26,31)(H,27,29)(H,32,33). The minimum absolute atomic E-state index is 0.108. The Morgan fingerprint density at radius 1 is 0.941 bits per heavy atom. The molecule has 0 spiro atoms. The molecule has 34 heavy (non-hydrogen) atoms. The first-order chi connectivity index (χ1) is 16.1. The van der Waals surface area contributed by atoms with Crippen molar-refractivity contribution in [3.8, 4) is 0 Å². The lowest BCUT2D eigenvalue weighted by molar-refractivity contribution is -0.141. The van der Waals surface area contributed by atoms with Crippen LogP contribution < -0.4 is 27.4 Å². The van der Waals surface area contributed by atoms with E-state index in [-0.39, 0.29) is 18.6 Å². The van der Waals surface area contributed by atoms with Gasteiger partial charge in [0, 0.05) is 12.2 Å². The van der Waals surface area contributed by atoms with Gasteiger partial charge in [-0.3, -0.25) is 14.4 Å². The van der Waals surface area contributed by atoms with E-state index in [1.165, 1.54) is 6.92 Å². The van der Waals surface area contributed by atoms with Gasteiger partial charge in [0.05, 0.1) is 6.10 Å². The number of rotatable bonds is 15. The molecule has 0 saturated carbocycles. The lowest BCUT2D eigenvalue weighted by Gasteiger charge is -2.25. The summed E-state index contributed by atoms with van der Waals surface area (Å²) >= 11 is 3.94. The molecule has 12 heteroatoms. The second-order valence-corrected chi connectivity index (χ2v) is 8.31. The van der Waals surface area contributed by atoms with Crippen LogP contribution in [0.25, 0.3) is 0 Å². The summed E-state index contributed by atoms with van der Waals surface area (Å²) in [7, 11) is 0. The molecule has 3 amide bonds. The van der Waals surface area contributed by atoms with E-state index in [1.807, 2.05) is 0 Å². The maximum absolute atomic E-state index is 13.1. The lowest BCUT2D eigenvalue weighted by Crippen LogP contribution is -2.58. The average Bonchev–Trinajstić information content (AvgIpc) is 2.80. The van der Waals surface area contributed by atoms with E-state index >= 15 is 0 Å². The molecule has 1 aromatic rings. The number of unbranched alkanes of at least 4 members (excludes halogenated alkanes) is 1. The fourth-order valence-electron chi connectivity index (χ4n) is 3.04. The number of aliphatic carboxylic acids is 1. The number of nitrogens with one attached hydrogen (secondary N) is 3. The summed E-state index contributed by atoms with van der Waals surface area (Å²) in [6, 6.07) is 4.29. The highest BCUT2D eigenvalue weighted by Crippen LogP contribution is 2.07. The normalized spacial score (nSPS) is 15.3. The van der Waals surface area contributed by atoms with Gasteiger partial charge in [0.25, 0.3) is 0 Å². The lowest BCUT2D eigenvalue weighted by atomic mass is 10.0. The van der Waals surface area contributed by atoms with E-state index in [0.717, 1.165) is 5.56 Å². The predicted octanol–water partition coefficient (Wildman–Crippen LogP) is -1.46. The summed E-state index contributed by atoms with van der Waals surface area (Å²) < 4.78 is 0. The van der Waals surface area contributed by atoms with E-state index in [9.17, 15) is 29.4 Å². The number of benzene rings is 1. The smallest absolute Gasteiger partial charge is 0.327 e. The van der Waals surface area contributed by atoms with Gasteiger partial charge in [0.1, 0.15) is 24.2 Å². The van der Waals surface area contributed by atoms with Crippen LogP contribution in [0.3, 0.4) is 0 Å². The van der Waals surface area contributed by atoms with E-state index < -0.39 is 54.0 Å². The molecule has 0 fully saturated rings. The number of carbonyl (C=O) groups is 4. The predicted molar refractivity (Wildman–Crippen MR) is 130 cm³/mol. The van der Waals surface area contributed by atoms with Crippen molar-refractivity contribution in [2.24, 2.45) is 11.5 Å². The van der Waals surface area contributed by atoms with Crippen LogP contribution in [0.4, 0.5) is 0 Å². The molecule has 0 aliphatic heterocycles. The van der Waals surface area contributed by atoms with Crippen LogP contribution in [-0.4, -0.2) is 76.5 Å². The van der Waals surface area contributed by atoms with E-state index in [4.69, 9.17) is 11.5 Å². The second kappa shape index (κ2) is 15.3. The molecule has 1 aromatic carbocycles. The number of carbonyl (C=O) groups excluding carboxylic acids is 3. The molecular formula is C22H35N5O6S. The second-order valence-electron chi connectivity index (χ2n) is 7.94. The van der Waals surface area contributed by atoms with Crippen LogP contribution >= 0.6 is 12.6 Å². The molecule has 0 saturated heterocycles. The highest BCUT2D eigenvalue weighted by atomic mass is 32.1. The minimum Gasteiger partial charge on any atom is -0.480 e. The molecule has 0 aliphatic carbocycles. The molecule has 5 unspecified atom stereocenters. The van der Waals surface area contributed by atoms with Gasteiger partial charge in [-0.15, -0.1) is 0 Å². The molecule has 0 bridgehead atoms. The van der Waals surface area contributed by atoms with Gasteiger partial charge in [0.2, 0.25) is 17.7 Å². The highest BCUT2D eigenvalue weighted by Gasteiger charge is 2.30. The summed E-state index contributed by atoms with van der Waals surface area (Å²) in [6.45, 7) is 1.75. The molecule has 9 N–H and O–H groups in total. The zero-order valence-corrected chi connectivity index (χ0v) is 20.0. The van der Waals surface area contributed by atoms with Crippen molar-refractivity contribution in [1.82, 2.24) is 16.0 Å². The first-order valence-corrected chi connectivity index (χ1v) is 11.7. The van der Waals surface area contributed by atoms with Crippen molar-refractivity contribution < 1.29 is 29.4 Å². The number of carboxylic acid groups (broad SMARTS) is 1. The van der Waals surface area contributed by atoms with Crippen molar-refractivity contribution in [3.63, 3.8) is 0 Å². The summed E-state index contributed by atoms with van der Waals surface area (Å²) in [5.74, 6) is -3.44. The Morgan fingerprint density at radius 3 is 2.03 bits per heavy atom. The molecule has 0 aromatic heterocycles. The topological polar surface area (TPSA) is 197 Å². The van der Waals surface area contributed by atoms with Gasteiger partial charge in [-0.25, -0.2) is 4.79 Å². The van der Waals surface area contributed by atoms with Crippen molar-refractivity contribution in [1.29, 1.82) is 0 Å². The molecule has 0 radical (unpaired) electrons. The fourth-order valence-corrected chi connectivity index (χ4v) is 3.29. The monoisotopic (exact) mass is 497 g/mol. The number of hydrogen-bond acceptors (Lipinski definition) is 8. The van der Waals surface area contributed by atoms with Gasteiger partial charge in [-0.1, -0.05) is 30.3 Å². The number of aliphatic hydroxyl groups excluding tert-OH is 1. The van der Waals surface area contributed by atoms with E-state index in [0.29, 0.717) is 19.4 Å². The number of aliphatic hydroxyl groups is 1. The zero-order valence-electron chi connectivity index (χ0n) is 19.1. The first kappa shape index (κ1) is 29.4. The quantitative estimate of drug-likeness (QED) is 0.106. The van der Waals surface area contributed by atoms with Crippen LogP contribution in [-0.2, 0) is 25.6 Å². The molecule has 0 heterocycles. The number of hydrogen-bond donors (Lipinski definition) is 8. The van der Waals surface area contributed by atoms with Crippen LogP contribution in [0.5, 0.6) is 0 Å². The SMILES string of the molecule is CC(O)C(N)C(=O)NC(Cc1ccccc1)C(=O)NC(CCCCN)C(=O)NC(CS)C(=O)O. The number of amides is 3. The van der Waals surface area contributed by atoms with Crippen LogP contribution in [0, 0.1) is 0 Å². The van der Waals surface area contributed by atoms with Crippen LogP contribution in [0.2, 0.25) is 0 Å². The van der Waals surface area contributed by atoms with Crippen molar-refractivity contribution in [2.45, 2.75) is 62.9 Å². The van der Waals surface area contributed by atoms with Crippen molar-refractivity contribution in [2.75, 3.05) is 12.3 Å². The number of carboxylic acids is 1. The van der Waals surface area contributed by atoms with E-state index in [2.05, 4.69) is 28.6 Å². The Bertz CT molecular complexity index is 810. The van der Waals surface area contributed by atoms with Gasteiger partial charge >= 0.3 is 5.97 Å². The Labute approximate surface area is 204 Å². The summed E-state index contributed by atoms with van der Waals surface area (Å²) in [6.07, 6.45) is 0.297. The van der Waals surface area contributed by atoms with Crippen LogP contribution in [0.15, 0.2) is 30.3 Å². The number of nitrogens with two attached hydrogens (primary N) is 2. The van der Waals surface area contributed by atoms with Gasteiger partial charge in [-0.05, 0) is 38.3 Å².